The molecule has 0 aromatic heterocycles. The Labute approximate surface area is 148 Å². The standard InChI is InChI=1S/C20H38O4/c1-3-5-6-13-16-19(21)17-14-11-9-7-8-10-12-15-18-20(22)24-23-4-2/h4,19,21H,2-3,5-18H2,1H3. The van der Waals surface area contributed by atoms with Gasteiger partial charge in [0, 0.05) is 0 Å². The normalized spacial score (nSPS) is 11.9. The molecule has 0 rings (SSSR count). The van der Waals surface area contributed by atoms with E-state index in [9.17, 15) is 9.90 Å². The van der Waals surface area contributed by atoms with Crippen LogP contribution >= 0.6 is 0 Å². The Morgan fingerprint density at radius 2 is 1.42 bits per heavy atom. The van der Waals surface area contributed by atoms with Crippen LogP contribution in [0.15, 0.2) is 12.8 Å². The van der Waals surface area contributed by atoms with E-state index in [0.29, 0.717) is 6.42 Å². The second-order valence-electron chi connectivity index (χ2n) is 6.59. The molecule has 0 fully saturated rings. The monoisotopic (exact) mass is 342 g/mol. The Morgan fingerprint density at radius 3 is 1.96 bits per heavy atom. The molecule has 142 valence electrons. The summed E-state index contributed by atoms with van der Waals surface area (Å²) in [6.45, 7) is 5.51. The van der Waals surface area contributed by atoms with E-state index in [1.807, 2.05) is 0 Å². The molecular formula is C20H38O4. The van der Waals surface area contributed by atoms with E-state index >= 15 is 0 Å². The molecule has 0 aliphatic heterocycles. The Bertz CT molecular complexity index is 291. The van der Waals surface area contributed by atoms with Gasteiger partial charge in [-0.1, -0.05) is 84.1 Å². The number of carbonyl (C=O) groups is 1. The maximum atomic E-state index is 11.1. The van der Waals surface area contributed by atoms with Gasteiger partial charge in [0.15, 0.2) is 0 Å². The van der Waals surface area contributed by atoms with Gasteiger partial charge in [-0.25, -0.2) is 4.79 Å². The van der Waals surface area contributed by atoms with Crippen LogP contribution in [-0.2, 0) is 14.6 Å². The third kappa shape index (κ3) is 17.3. The fraction of sp³-hybridized carbons (Fsp3) is 0.850. The summed E-state index contributed by atoms with van der Waals surface area (Å²) in [7, 11) is 0. The van der Waals surface area contributed by atoms with Gasteiger partial charge in [0.1, 0.15) is 6.26 Å². The van der Waals surface area contributed by atoms with Gasteiger partial charge >= 0.3 is 5.97 Å². The second kappa shape index (κ2) is 18.3. The minimum atomic E-state index is -0.330. The maximum Gasteiger partial charge on any atom is 0.355 e. The van der Waals surface area contributed by atoms with Crippen LogP contribution in [0.3, 0.4) is 0 Å². The summed E-state index contributed by atoms with van der Waals surface area (Å²) in [6.07, 6.45) is 17.5. The van der Waals surface area contributed by atoms with E-state index in [2.05, 4.69) is 23.3 Å². The van der Waals surface area contributed by atoms with Crippen LogP contribution in [0.2, 0.25) is 0 Å². The van der Waals surface area contributed by atoms with Crippen LogP contribution in [0.25, 0.3) is 0 Å². The van der Waals surface area contributed by atoms with Gasteiger partial charge in [0.05, 0.1) is 12.5 Å². The van der Waals surface area contributed by atoms with Gasteiger partial charge < -0.3 is 5.11 Å². The smallest absolute Gasteiger partial charge is 0.355 e. The van der Waals surface area contributed by atoms with Crippen molar-refractivity contribution in [1.82, 2.24) is 0 Å². The highest BCUT2D eigenvalue weighted by molar-refractivity contribution is 5.68. The number of hydrogen-bond acceptors (Lipinski definition) is 4. The second-order valence-corrected chi connectivity index (χ2v) is 6.59. The number of aliphatic hydroxyl groups is 1. The van der Waals surface area contributed by atoms with E-state index in [4.69, 9.17) is 0 Å². The molecule has 1 N–H and O–H groups in total. The van der Waals surface area contributed by atoms with Crippen LogP contribution in [0.5, 0.6) is 0 Å². The first-order valence-corrected chi connectivity index (χ1v) is 9.85. The summed E-state index contributed by atoms with van der Waals surface area (Å²) in [4.78, 5) is 20.0. The Hall–Kier alpha value is -1.03. The molecule has 0 saturated carbocycles. The van der Waals surface area contributed by atoms with Crippen LogP contribution in [0, 0.1) is 0 Å². The molecule has 4 nitrogen and oxygen atoms in total. The van der Waals surface area contributed by atoms with E-state index < -0.39 is 0 Å². The molecule has 4 heteroatoms. The summed E-state index contributed by atoms with van der Waals surface area (Å²) < 4.78 is 0. The largest absolute Gasteiger partial charge is 0.393 e. The lowest BCUT2D eigenvalue weighted by Gasteiger charge is -2.10. The van der Waals surface area contributed by atoms with Crippen molar-refractivity contribution in [2.45, 2.75) is 109 Å². The molecule has 0 heterocycles. The summed E-state index contributed by atoms with van der Waals surface area (Å²) in [6, 6.07) is 0. The van der Waals surface area contributed by atoms with Crippen LogP contribution < -0.4 is 0 Å². The molecular weight excluding hydrogens is 304 g/mol. The Kier molecular flexibility index (Phi) is 17.5. The summed E-state index contributed by atoms with van der Waals surface area (Å²) in [5.41, 5.74) is 0. The predicted octanol–water partition coefficient (Wildman–Crippen LogP) is 5.84. The molecule has 0 aromatic rings. The highest BCUT2D eigenvalue weighted by Crippen LogP contribution is 2.14. The summed E-state index contributed by atoms with van der Waals surface area (Å²) in [5.74, 6) is -0.330. The molecule has 0 amide bonds. The first-order chi connectivity index (χ1) is 11.7. The van der Waals surface area contributed by atoms with Gasteiger partial charge in [-0.05, 0) is 19.3 Å². The van der Waals surface area contributed by atoms with Gasteiger partial charge in [-0.15, -0.1) is 0 Å². The molecule has 0 spiro atoms. The number of rotatable bonds is 18. The lowest BCUT2D eigenvalue weighted by Crippen LogP contribution is -2.05. The first kappa shape index (κ1) is 23.0. The molecule has 0 aliphatic carbocycles. The quantitative estimate of drug-likeness (QED) is 0.147. The molecule has 0 bridgehead atoms. The lowest BCUT2D eigenvalue weighted by molar-refractivity contribution is -0.238. The minimum absolute atomic E-state index is 0.0910. The van der Waals surface area contributed by atoms with E-state index in [-0.39, 0.29) is 12.1 Å². The van der Waals surface area contributed by atoms with Crippen molar-refractivity contribution >= 4 is 5.97 Å². The Balaban J connectivity index is 3.19. The SMILES string of the molecule is C=COOC(=O)CCCCCCCCCCC(O)CCCCCC. The van der Waals surface area contributed by atoms with Crippen LogP contribution in [-0.4, -0.2) is 17.2 Å². The zero-order chi connectivity index (χ0) is 17.9. The zero-order valence-electron chi connectivity index (χ0n) is 15.6. The number of hydrogen-bond donors (Lipinski definition) is 1. The molecule has 0 saturated heterocycles. The summed E-state index contributed by atoms with van der Waals surface area (Å²) in [5, 5.41) is 9.90. The fourth-order valence-corrected chi connectivity index (χ4v) is 2.79. The van der Waals surface area contributed by atoms with Crippen molar-refractivity contribution < 1.29 is 19.7 Å². The van der Waals surface area contributed by atoms with Crippen molar-refractivity contribution in [3.05, 3.63) is 12.8 Å². The average molecular weight is 343 g/mol. The van der Waals surface area contributed by atoms with Gasteiger partial charge in [0.2, 0.25) is 0 Å². The van der Waals surface area contributed by atoms with Crippen molar-refractivity contribution in [2.24, 2.45) is 0 Å². The summed E-state index contributed by atoms with van der Waals surface area (Å²) >= 11 is 0. The Morgan fingerprint density at radius 1 is 0.917 bits per heavy atom. The molecule has 24 heavy (non-hydrogen) atoms. The van der Waals surface area contributed by atoms with E-state index in [0.717, 1.165) is 44.8 Å². The third-order valence-electron chi connectivity index (χ3n) is 4.27. The highest BCUT2D eigenvalue weighted by Gasteiger charge is 2.04. The first-order valence-electron chi connectivity index (χ1n) is 9.85. The van der Waals surface area contributed by atoms with Crippen molar-refractivity contribution in [3.8, 4) is 0 Å². The van der Waals surface area contributed by atoms with Gasteiger partial charge in [-0.2, -0.15) is 0 Å². The lowest BCUT2D eigenvalue weighted by atomic mass is 10.0. The van der Waals surface area contributed by atoms with Crippen LogP contribution in [0.4, 0.5) is 0 Å². The van der Waals surface area contributed by atoms with Crippen molar-refractivity contribution in [1.29, 1.82) is 0 Å². The van der Waals surface area contributed by atoms with Gasteiger partial charge in [-0.3, -0.25) is 9.78 Å². The maximum absolute atomic E-state index is 11.1. The minimum Gasteiger partial charge on any atom is -0.393 e. The number of aliphatic hydroxyl groups excluding tert-OH is 1. The molecule has 0 radical (unpaired) electrons. The third-order valence-corrected chi connectivity index (χ3v) is 4.27. The van der Waals surface area contributed by atoms with Crippen LogP contribution in [0.1, 0.15) is 103 Å². The van der Waals surface area contributed by atoms with E-state index in [1.54, 1.807) is 0 Å². The zero-order valence-corrected chi connectivity index (χ0v) is 15.6. The average Bonchev–Trinajstić information content (AvgIpc) is 2.58. The fourth-order valence-electron chi connectivity index (χ4n) is 2.79. The molecule has 1 atom stereocenters. The molecule has 1 unspecified atom stereocenters. The molecule has 0 aliphatic rings. The highest BCUT2D eigenvalue weighted by atomic mass is 17.2. The number of carbonyl (C=O) groups excluding carboxylic acids is 1. The topological polar surface area (TPSA) is 55.8 Å². The number of unbranched alkanes of at least 4 members (excludes halogenated alkanes) is 10. The van der Waals surface area contributed by atoms with Gasteiger partial charge in [0.25, 0.3) is 0 Å². The van der Waals surface area contributed by atoms with E-state index in [1.165, 1.54) is 51.4 Å². The predicted molar refractivity (Wildman–Crippen MR) is 98.3 cm³/mol. The molecule has 0 aromatic carbocycles. The van der Waals surface area contributed by atoms with Crippen molar-refractivity contribution in [2.75, 3.05) is 0 Å². The van der Waals surface area contributed by atoms with Crippen molar-refractivity contribution in [3.63, 3.8) is 0 Å².